The van der Waals surface area contributed by atoms with Crippen LogP contribution in [0.15, 0.2) is 24.3 Å². The Hall–Kier alpha value is -0.930. The molecule has 0 aliphatic carbocycles. The predicted molar refractivity (Wildman–Crippen MR) is 82.1 cm³/mol. The summed E-state index contributed by atoms with van der Waals surface area (Å²) in [6, 6.07) is 6.13. The topological polar surface area (TPSA) is 23.5 Å². The second kappa shape index (κ2) is 8.38. The van der Waals surface area contributed by atoms with E-state index in [1.54, 1.807) is 12.1 Å². The molecule has 0 saturated carbocycles. The Bertz CT molecular complexity index is 365. The Balaban J connectivity index is 2.50. The van der Waals surface area contributed by atoms with Gasteiger partial charge in [-0.1, -0.05) is 39.8 Å². The van der Waals surface area contributed by atoms with Crippen molar-refractivity contribution < 1.29 is 9.50 Å². The van der Waals surface area contributed by atoms with Crippen LogP contribution >= 0.6 is 0 Å². The maximum absolute atomic E-state index is 12.9. The van der Waals surface area contributed by atoms with Crippen LogP contribution < -0.4 is 0 Å². The monoisotopic (exact) mass is 281 g/mol. The molecule has 0 fully saturated rings. The summed E-state index contributed by atoms with van der Waals surface area (Å²) in [5.74, 6) is 0.982. The van der Waals surface area contributed by atoms with Gasteiger partial charge in [-0.15, -0.1) is 0 Å². The van der Waals surface area contributed by atoms with Crippen molar-refractivity contribution in [3.05, 3.63) is 35.6 Å². The van der Waals surface area contributed by atoms with Crippen molar-refractivity contribution in [1.82, 2.24) is 4.90 Å². The molecule has 2 nitrogen and oxygen atoms in total. The van der Waals surface area contributed by atoms with E-state index in [1.807, 2.05) is 0 Å². The van der Waals surface area contributed by atoms with Crippen LogP contribution in [-0.2, 0) is 0 Å². The number of aliphatic hydroxyl groups excluding tert-OH is 1. The Morgan fingerprint density at radius 3 is 1.95 bits per heavy atom. The fourth-order valence-corrected chi connectivity index (χ4v) is 2.45. The van der Waals surface area contributed by atoms with Crippen molar-refractivity contribution in [2.45, 2.75) is 40.2 Å². The summed E-state index contributed by atoms with van der Waals surface area (Å²) in [5, 5.41) is 10.2. The summed E-state index contributed by atoms with van der Waals surface area (Å²) in [6.45, 7) is 11.8. The van der Waals surface area contributed by atoms with E-state index < -0.39 is 6.10 Å². The fourth-order valence-electron chi connectivity index (χ4n) is 2.45. The number of benzene rings is 1. The molecule has 1 aromatic carbocycles. The molecule has 0 aromatic heterocycles. The van der Waals surface area contributed by atoms with Gasteiger partial charge in [-0.05, 0) is 36.0 Å². The number of hydrogen-bond acceptors (Lipinski definition) is 2. The van der Waals surface area contributed by atoms with Crippen LogP contribution in [0.1, 0.15) is 45.8 Å². The minimum absolute atomic E-state index is 0.262. The van der Waals surface area contributed by atoms with Gasteiger partial charge in [0.1, 0.15) is 5.82 Å². The maximum atomic E-state index is 12.9. The molecule has 0 radical (unpaired) electrons. The number of hydrogen-bond donors (Lipinski definition) is 1. The molecule has 0 bridgehead atoms. The van der Waals surface area contributed by atoms with Crippen LogP contribution in [0.3, 0.4) is 0 Å². The zero-order chi connectivity index (χ0) is 15.1. The third-order valence-electron chi connectivity index (χ3n) is 3.22. The first kappa shape index (κ1) is 17.1. The van der Waals surface area contributed by atoms with E-state index in [0.717, 1.165) is 25.2 Å². The molecule has 0 amide bonds. The molecule has 0 spiro atoms. The van der Waals surface area contributed by atoms with Crippen LogP contribution in [0.4, 0.5) is 4.39 Å². The zero-order valence-corrected chi connectivity index (χ0v) is 13.1. The van der Waals surface area contributed by atoms with Crippen molar-refractivity contribution >= 4 is 0 Å². The first-order valence-corrected chi connectivity index (χ1v) is 7.54. The summed E-state index contributed by atoms with van der Waals surface area (Å²) in [5.41, 5.74) is 0.792. The van der Waals surface area contributed by atoms with Crippen LogP contribution in [0, 0.1) is 17.7 Å². The minimum atomic E-state index is -0.516. The lowest BCUT2D eigenvalue weighted by atomic mass is 10.1. The molecular weight excluding hydrogens is 253 g/mol. The Labute approximate surface area is 122 Å². The highest BCUT2D eigenvalue weighted by Gasteiger charge is 2.13. The van der Waals surface area contributed by atoms with Gasteiger partial charge in [-0.3, -0.25) is 0 Å². The van der Waals surface area contributed by atoms with Crippen LogP contribution in [0.5, 0.6) is 0 Å². The molecular formula is C17H28FNO. The number of halogens is 1. The average molecular weight is 281 g/mol. The van der Waals surface area contributed by atoms with E-state index in [2.05, 4.69) is 32.6 Å². The first-order chi connectivity index (χ1) is 9.38. The van der Waals surface area contributed by atoms with Crippen molar-refractivity contribution in [2.75, 3.05) is 19.6 Å². The molecule has 0 aliphatic rings. The van der Waals surface area contributed by atoms with Crippen molar-refractivity contribution in [2.24, 2.45) is 11.8 Å². The van der Waals surface area contributed by atoms with Gasteiger partial charge in [-0.25, -0.2) is 4.39 Å². The van der Waals surface area contributed by atoms with E-state index >= 15 is 0 Å². The summed E-state index contributed by atoms with van der Waals surface area (Å²) >= 11 is 0. The summed E-state index contributed by atoms with van der Waals surface area (Å²) in [7, 11) is 0. The van der Waals surface area contributed by atoms with Gasteiger partial charge < -0.3 is 10.0 Å². The molecule has 1 N–H and O–H groups in total. The van der Waals surface area contributed by atoms with Gasteiger partial charge in [0.2, 0.25) is 0 Å². The first-order valence-electron chi connectivity index (χ1n) is 7.54. The van der Waals surface area contributed by atoms with Crippen LogP contribution in [0.2, 0.25) is 0 Å². The van der Waals surface area contributed by atoms with Crippen LogP contribution in [-0.4, -0.2) is 29.6 Å². The third-order valence-corrected chi connectivity index (χ3v) is 3.22. The molecule has 1 aromatic rings. The molecule has 1 unspecified atom stereocenters. The number of aliphatic hydroxyl groups is 1. The molecule has 0 heterocycles. The average Bonchev–Trinajstić information content (AvgIpc) is 2.35. The second-order valence-electron chi connectivity index (χ2n) is 6.40. The standard InChI is InChI=1S/C17H28FNO/c1-13(2)11-19(12-14(3)4)10-9-17(20)15-5-7-16(18)8-6-15/h5-8,13-14,17,20H,9-12H2,1-4H3. The molecule has 114 valence electrons. The molecule has 0 aliphatic heterocycles. The molecule has 0 saturated heterocycles. The summed E-state index contributed by atoms with van der Waals surface area (Å²) < 4.78 is 12.9. The normalized spacial score (nSPS) is 13.4. The van der Waals surface area contributed by atoms with E-state index in [1.165, 1.54) is 12.1 Å². The van der Waals surface area contributed by atoms with E-state index in [9.17, 15) is 9.50 Å². The second-order valence-corrected chi connectivity index (χ2v) is 6.40. The van der Waals surface area contributed by atoms with Gasteiger partial charge in [0.05, 0.1) is 6.10 Å². The largest absolute Gasteiger partial charge is 0.388 e. The lowest BCUT2D eigenvalue weighted by Crippen LogP contribution is -2.33. The van der Waals surface area contributed by atoms with Gasteiger partial charge in [0.25, 0.3) is 0 Å². The molecule has 20 heavy (non-hydrogen) atoms. The van der Waals surface area contributed by atoms with Crippen molar-refractivity contribution in [1.29, 1.82) is 0 Å². The summed E-state index contributed by atoms with van der Waals surface area (Å²) in [6.07, 6.45) is 0.169. The van der Waals surface area contributed by atoms with Gasteiger partial charge in [0, 0.05) is 19.6 Å². The maximum Gasteiger partial charge on any atom is 0.123 e. The van der Waals surface area contributed by atoms with Gasteiger partial charge in [-0.2, -0.15) is 0 Å². The molecule has 1 atom stereocenters. The fraction of sp³-hybridized carbons (Fsp3) is 0.647. The highest BCUT2D eigenvalue weighted by molar-refractivity contribution is 5.18. The quantitative estimate of drug-likeness (QED) is 0.782. The van der Waals surface area contributed by atoms with Crippen molar-refractivity contribution in [3.8, 4) is 0 Å². The molecule has 3 heteroatoms. The van der Waals surface area contributed by atoms with Gasteiger partial charge in [0.15, 0.2) is 0 Å². The highest BCUT2D eigenvalue weighted by Crippen LogP contribution is 2.18. The summed E-state index contributed by atoms with van der Waals surface area (Å²) in [4.78, 5) is 2.40. The lowest BCUT2D eigenvalue weighted by molar-refractivity contribution is 0.131. The smallest absolute Gasteiger partial charge is 0.123 e. The minimum Gasteiger partial charge on any atom is -0.388 e. The number of rotatable bonds is 8. The predicted octanol–water partition coefficient (Wildman–Crippen LogP) is 3.86. The molecule has 1 rings (SSSR count). The SMILES string of the molecule is CC(C)CN(CCC(O)c1ccc(F)cc1)CC(C)C. The van der Waals surface area contributed by atoms with Crippen LogP contribution in [0.25, 0.3) is 0 Å². The van der Waals surface area contributed by atoms with E-state index in [0.29, 0.717) is 18.3 Å². The highest BCUT2D eigenvalue weighted by atomic mass is 19.1. The van der Waals surface area contributed by atoms with E-state index in [4.69, 9.17) is 0 Å². The Morgan fingerprint density at radius 2 is 1.50 bits per heavy atom. The lowest BCUT2D eigenvalue weighted by Gasteiger charge is -2.27. The Kier molecular flexibility index (Phi) is 7.17. The number of nitrogens with zero attached hydrogens (tertiary/aromatic N) is 1. The zero-order valence-electron chi connectivity index (χ0n) is 13.1. The third kappa shape index (κ3) is 6.49. The van der Waals surface area contributed by atoms with E-state index in [-0.39, 0.29) is 5.82 Å². The Morgan fingerprint density at radius 1 is 1.00 bits per heavy atom. The van der Waals surface area contributed by atoms with Crippen molar-refractivity contribution in [3.63, 3.8) is 0 Å². The van der Waals surface area contributed by atoms with Gasteiger partial charge >= 0.3 is 0 Å².